The van der Waals surface area contributed by atoms with Crippen LogP contribution in [0.1, 0.15) is 23.2 Å². The Morgan fingerprint density at radius 3 is 2.27 bits per heavy atom. The number of carbonyl (C=O) groups excluding carboxylic acids is 1. The molecule has 2 rings (SSSR count). The van der Waals surface area contributed by atoms with Gasteiger partial charge in [-0.15, -0.1) is 12.3 Å². The van der Waals surface area contributed by atoms with Crippen molar-refractivity contribution in [2.45, 2.75) is 31.5 Å². The topological polar surface area (TPSA) is 121 Å². The number of carbonyl (C=O) groups is 1. The standard InChI is InChI=1S/C26H35N3O7S/c1-4-5-10-33-11-12-34-13-14-35-15-16-36-18-23-20(2)25(29-26(31)28-23)37-19-24(30)27-17-21-6-8-22(32-3)9-7-21/h1,6-9H,5,10-19H2,2-3H3,(H,27,30)(H,28,29,31). The van der Waals surface area contributed by atoms with E-state index >= 15 is 0 Å². The zero-order valence-corrected chi connectivity index (χ0v) is 22.2. The molecule has 0 aliphatic heterocycles. The predicted molar refractivity (Wildman–Crippen MR) is 141 cm³/mol. The molecule has 10 nitrogen and oxygen atoms in total. The molecule has 1 heterocycles. The lowest BCUT2D eigenvalue weighted by Gasteiger charge is -2.11. The predicted octanol–water partition coefficient (Wildman–Crippen LogP) is 2.09. The summed E-state index contributed by atoms with van der Waals surface area (Å²) in [6, 6.07) is 7.46. The molecule has 0 aliphatic rings. The molecule has 1 aromatic carbocycles. The van der Waals surface area contributed by atoms with Crippen LogP contribution in [0.3, 0.4) is 0 Å². The van der Waals surface area contributed by atoms with Crippen LogP contribution in [0, 0.1) is 19.3 Å². The van der Waals surface area contributed by atoms with Crippen molar-refractivity contribution in [2.75, 3.05) is 59.1 Å². The number of methoxy groups -OCH3 is 1. The van der Waals surface area contributed by atoms with Crippen molar-refractivity contribution in [1.82, 2.24) is 15.3 Å². The second kappa shape index (κ2) is 18.4. The summed E-state index contributed by atoms with van der Waals surface area (Å²) in [5, 5.41) is 3.36. The van der Waals surface area contributed by atoms with E-state index in [0.29, 0.717) is 69.9 Å². The number of hydrogen-bond acceptors (Lipinski definition) is 9. The van der Waals surface area contributed by atoms with Gasteiger partial charge in [-0.3, -0.25) is 4.79 Å². The van der Waals surface area contributed by atoms with E-state index in [1.54, 1.807) is 7.11 Å². The number of benzene rings is 1. The number of rotatable bonds is 19. The number of ether oxygens (including phenoxy) is 5. The second-order valence-corrected chi connectivity index (χ2v) is 8.67. The highest BCUT2D eigenvalue weighted by molar-refractivity contribution is 7.99. The van der Waals surface area contributed by atoms with Gasteiger partial charge in [0.05, 0.1) is 71.4 Å². The van der Waals surface area contributed by atoms with E-state index in [-0.39, 0.29) is 18.3 Å². The lowest BCUT2D eigenvalue weighted by Crippen LogP contribution is -2.25. The van der Waals surface area contributed by atoms with E-state index in [0.717, 1.165) is 16.9 Å². The molecule has 2 aromatic rings. The van der Waals surface area contributed by atoms with Gasteiger partial charge in [0.25, 0.3) is 0 Å². The van der Waals surface area contributed by atoms with Gasteiger partial charge in [-0.05, 0) is 24.6 Å². The van der Waals surface area contributed by atoms with Crippen molar-refractivity contribution in [3.8, 4) is 18.1 Å². The van der Waals surface area contributed by atoms with Gasteiger partial charge in [-0.2, -0.15) is 4.98 Å². The molecule has 1 aromatic heterocycles. The van der Waals surface area contributed by atoms with Crippen molar-refractivity contribution in [1.29, 1.82) is 0 Å². The highest BCUT2D eigenvalue weighted by Gasteiger charge is 2.12. The van der Waals surface area contributed by atoms with E-state index in [4.69, 9.17) is 30.1 Å². The fourth-order valence-corrected chi connectivity index (χ4v) is 3.79. The van der Waals surface area contributed by atoms with Gasteiger partial charge in [-0.1, -0.05) is 23.9 Å². The number of thioether (sulfide) groups is 1. The third-order valence-corrected chi connectivity index (χ3v) is 6.05. The zero-order chi connectivity index (χ0) is 26.7. The van der Waals surface area contributed by atoms with E-state index in [2.05, 4.69) is 21.2 Å². The quantitative estimate of drug-likeness (QED) is 0.121. The molecule has 1 amide bonds. The summed E-state index contributed by atoms with van der Waals surface area (Å²) >= 11 is 1.21. The molecule has 0 bridgehead atoms. The Bertz CT molecular complexity index is 1040. The number of hydrogen-bond donors (Lipinski definition) is 2. The minimum Gasteiger partial charge on any atom is -0.497 e. The molecule has 0 unspecified atom stereocenters. The number of aromatic nitrogens is 2. The summed E-state index contributed by atoms with van der Waals surface area (Å²) in [5.41, 5.74) is 1.87. The molecule has 0 radical (unpaired) electrons. The summed E-state index contributed by atoms with van der Waals surface area (Å²) in [6.45, 7) is 5.63. The van der Waals surface area contributed by atoms with Gasteiger partial charge in [0.15, 0.2) is 0 Å². The Balaban J connectivity index is 1.63. The smallest absolute Gasteiger partial charge is 0.346 e. The molecule has 0 atom stereocenters. The summed E-state index contributed by atoms with van der Waals surface area (Å²) in [5.74, 6) is 3.25. The van der Waals surface area contributed by atoms with E-state index in [1.807, 2.05) is 31.2 Å². The van der Waals surface area contributed by atoms with Crippen LogP contribution in [-0.4, -0.2) is 75.0 Å². The summed E-state index contributed by atoms with van der Waals surface area (Å²) in [6.07, 6.45) is 5.74. The Labute approximate surface area is 221 Å². The first-order valence-corrected chi connectivity index (χ1v) is 12.9. The van der Waals surface area contributed by atoms with Crippen molar-refractivity contribution >= 4 is 17.7 Å². The fraction of sp³-hybridized carbons (Fsp3) is 0.500. The maximum atomic E-state index is 12.3. The first-order valence-electron chi connectivity index (χ1n) is 11.9. The maximum Gasteiger partial charge on any atom is 0.346 e. The minimum absolute atomic E-state index is 0.140. The molecule has 2 N–H and O–H groups in total. The summed E-state index contributed by atoms with van der Waals surface area (Å²) < 4.78 is 26.9. The van der Waals surface area contributed by atoms with Crippen molar-refractivity contribution in [2.24, 2.45) is 0 Å². The van der Waals surface area contributed by atoms with Gasteiger partial charge in [0.2, 0.25) is 5.91 Å². The van der Waals surface area contributed by atoms with Crippen LogP contribution in [-0.2, 0) is 36.9 Å². The average Bonchev–Trinajstić information content (AvgIpc) is 2.91. The van der Waals surface area contributed by atoms with Gasteiger partial charge in [0.1, 0.15) is 10.8 Å². The maximum absolute atomic E-state index is 12.3. The third-order valence-electron chi connectivity index (χ3n) is 4.98. The zero-order valence-electron chi connectivity index (χ0n) is 21.4. The highest BCUT2D eigenvalue weighted by atomic mass is 32.2. The number of terminal acetylenes is 1. The molecule has 11 heteroatoms. The van der Waals surface area contributed by atoms with Crippen molar-refractivity contribution < 1.29 is 28.5 Å². The number of aromatic amines is 1. The van der Waals surface area contributed by atoms with Gasteiger partial charge < -0.3 is 34.0 Å². The molecule has 0 spiro atoms. The molecule has 0 saturated heterocycles. The third kappa shape index (κ3) is 12.8. The lowest BCUT2D eigenvalue weighted by molar-refractivity contribution is -0.118. The summed E-state index contributed by atoms with van der Waals surface area (Å²) in [4.78, 5) is 31.0. The van der Waals surface area contributed by atoms with Crippen LogP contribution < -0.4 is 15.7 Å². The summed E-state index contributed by atoms with van der Waals surface area (Å²) in [7, 11) is 1.60. The van der Waals surface area contributed by atoms with Crippen LogP contribution in [0.2, 0.25) is 0 Å². The number of amides is 1. The largest absolute Gasteiger partial charge is 0.497 e. The number of H-pyrrole nitrogens is 1. The number of nitrogens with zero attached hydrogens (tertiary/aromatic N) is 1. The minimum atomic E-state index is -0.484. The first-order chi connectivity index (χ1) is 18.0. The normalized spacial score (nSPS) is 10.7. The van der Waals surface area contributed by atoms with Crippen LogP contribution in [0.5, 0.6) is 5.75 Å². The van der Waals surface area contributed by atoms with E-state index < -0.39 is 5.69 Å². The van der Waals surface area contributed by atoms with Gasteiger partial charge in [-0.25, -0.2) is 4.79 Å². The fourth-order valence-electron chi connectivity index (χ4n) is 2.93. The Hall–Kier alpha value is -2.88. The van der Waals surface area contributed by atoms with E-state index in [1.165, 1.54) is 11.8 Å². The number of nitrogens with one attached hydrogen (secondary N) is 2. The van der Waals surface area contributed by atoms with Crippen LogP contribution in [0.15, 0.2) is 34.1 Å². The average molecular weight is 534 g/mol. The van der Waals surface area contributed by atoms with Gasteiger partial charge in [0, 0.05) is 18.5 Å². The first kappa shape index (κ1) is 30.3. The molecule has 0 fully saturated rings. The molecule has 37 heavy (non-hydrogen) atoms. The molecular weight excluding hydrogens is 498 g/mol. The highest BCUT2D eigenvalue weighted by Crippen LogP contribution is 2.20. The second-order valence-electron chi connectivity index (χ2n) is 7.71. The van der Waals surface area contributed by atoms with Crippen LogP contribution in [0.25, 0.3) is 0 Å². The molecular formula is C26H35N3O7S. The van der Waals surface area contributed by atoms with Crippen LogP contribution >= 0.6 is 11.8 Å². The lowest BCUT2D eigenvalue weighted by atomic mass is 10.2. The van der Waals surface area contributed by atoms with E-state index in [9.17, 15) is 9.59 Å². The Kier molecular flexibility index (Phi) is 15.1. The monoisotopic (exact) mass is 533 g/mol. The SMILES string of the molecule is C#CCCOCCOCCOCCOCc1[nH]c(=O)nc(SCC(=O)NCc2ccc(OC)cc2)c1C. The molecule has 202 valence electrons. The van der Waals surface area contributed by atoms with Crippen LogP contribution in [0.4, 0.5) is 0 Å². The van der Waals surface area contributed by atoms with Crippen molar-refractivity contribution in [3.05, 3.63) is 51.6 Å². The molecule has 0 aliphatic carbocycles. The molecule has 0 saturated carbocycles. The Morgan fingerprint density at radius 1 is 1.03 bits per heavy atom. The van der Waals surface area contributed by atoms with Gasteiger partial charge >= 0.3 is 5.69 Å². The Morgan fingerprint density at radius 2 is 1.65 bits per heavy atom. The van der Waals surface area contributed by atoms with Crippen molar-refractivity contribution in [3.63, 3.8) is 0 Å².